The number of anilines is 2. The Morgan fingerprint density at radius 2 is 2.26 bits per heavy atom. The third-order valence-electron chi connectivity index (χ3n) is 3.98. The van der Waals surface area contributed by atoms with Crippen LogP contribution in [-0.4, -0.2) is 25.0 Å². The molecule has 3 rings (SSSR count). The molecule has 2 unspecified atom stereocenters. The van der Waals surface area contributed by atoms with E-state index in [1.807, 2.05) is 0 Å². The van der Waals surface area contributed by atoms with Gasteiger partial charge in [0, 0.05) is 19.2 Å². The molecule has 2 atom stereocenters. The number of hydrogen-bond donors (Lipinski definition) is 2. The van der Waals surface area contributed by atoms with Crippen molar-refractivity contribution < 1.29 is 9.18 Å². The van der Waals surface area contributed by atoms with Crippen LogP contribution in [0.4, 0.5) is 15.8 Å². The topological polar surface area (TPSA) is 58.4 Å². The molecule has 1 aromatic carbocycles. The van der Waals surface area contributed by atoms with E-state index in [-0.39, 0.29) is 23.7 Å². The normalized spacial score (nSPS) is 26.2. The lowest BCUT2D eigenvalue weighted by molar-refractivity contribution is -0.122. The van der Waals surface area contributed by atoms with Crippen molar-refractivity contribution in [1.82, 2.24) is 5.32 Å². The molecule has 0 saturated carbocycles. The Morgan fingerprint density at radius 3 is 3.05 bits per heavy atom. The predicted molar refractivity (Wildman–Crippen MR) is 75.4 cm³/mol. The first kappa shape index (κ1) is 12.7. The molecule has 102 valence electrons. The van der Waals surface area contributed by atoms with Gasteiger partial charge in [-0.3, -0.25) is 4.79 Å². The lowest BCUT2D eigenvalue weighted by atomic mass is 9.91. The Bertz CT molecular complexity index is 537. The Morgan fingerprint density at radius 1 is 1.47 bits per heavy atom. The highest BCUT2D eigenvalue weighted by Gasteiger charge is 2.41. The van der Waals surface area contributed by atoms with Crippen LogP contribution in [0.3, 0.4) is 0 Å². The number of halogens is 2. The van der Waals surface area contributed by atoms with E-state index >= 15 is 0 Å². The Labute approximate surface area is 119 Å². The summed E-state index contributed by atoms with van der Waals surface area (Å²) in [6.45, 7) is 1.42. The van der Waals surface area contributed by atoms with Crippen molar-refractivity contribution in [3.63, 3.8) is 0 Å². The van der Waals surface area contributed by atoms with Crippen LogP contribution in [0.2, 0.25) is 0 Å². The van der Waals surface area contributed by atoms with E-state index in [1.54, 1.807) is 6.07 Å². The molecule has 2 aliphatic rings. The molecule has 2 aliphatic heterocycles. The third kappa shape index (κ3) is 2.08. The summed E-state index contributed by atoms with van der Waals surface area (Å²) >= 11 is 3.13. The van der Waals surface area contributed by atoms with Crippen LogP contribution in [0.5, 0.6) is 0 Å². The first-order chi connectivity index (χ1) is 9.08. The van der Waals surface area contributed by atoms with Crippen molar-refractivity contribution in [2.75, 3.05) is 23.7 Å². The van der Waals surface area contributed by atoms with Gasteiger partial charge in [-0.15, -0.1) is 0 Å². The van der Waals surface area contributed by atoms with Gasteiger partial charge in [-0.05, 0) is 34.8 Å². The van der Waals surface area contributed by atoms with Crippen LogP contribution >= 0.6 is 15.9 Å². The van der Waals surface area contributed by atoms with Gasteiger partial charge >= 0.3 is 0 Å². The summed E-state index contributed by atoms with van der Waals surface area (Å²) in [5, 5.41) is 2.88. The van der Waals surface area contributed by atoms with E-state index in [2.05, 4.69) is 26.1 Å². The number of nitrogens with zero attached hydrogens (tertiary/aromatic N) is 1. The summed E-state index contributed by atoms with van der Waals surface area (Å²) in [7, 11) is 0. The summed E-state index contributed by atoms with van der Waals surface area (Å²) in [5.74, 6) is -0.227. The van der Waals surface area contributed by atoms with Gasteiger partial charge in [0.2, 0.25) is 5.91 Å². The van der Waals surface area contributed by atoms with Crippen molar-refractivity contribution in [1.29, 1.82) is 0 Å². The number of carbonyl (C=O) groups excluding carboxylic acids is 1. The number of fused-ring (bicyclic) bond motifs is 1. The van der Waals surface area contributed by atoms with Crippen molar-refractivity contribution in [2.24, 2.45) is 5.92 Å². The maximum absolute atomic E-state index is 13.7. The van der Waals surface area contributed by atoms with Gasteiger partial charge in [-0.25, -0.2) is 4.39 Å². The number of carbonyl (C=O) groups is 1. The minimum absolute atomic E-state index is 0.000131. The van der Waals surface area contributed by atoms with Crippen molar-refractivity contribution in [3.05, 3.63) is 22.4 Å². The fourth-order valence-electron chi connectivity index (χ4n) is 3.05. The monoisotopic (exact) mass is 327 g/mol. The molecule has 3 N–H and O–H groups in total. The number of benzene rings is 1. The minimum Gasteiger partial charge on any atom is -0.397 e. The molecular formula is C13H15BrFN3O. The van der Waals surface area contributed by atoms with Crippen LogP contribution in [0.1, 0.15) is 12.8 Å². The number of piperidine rings is 1. The average molecular weight is 328 g/mol. The van der Waals surface area contributed by atoms with E-state index in [9.17, 15) is 9.18 Å². The zero-order chi connectivity index (χ0) is 13.6. The molecular weight excluding hydrogens is 313 g/mol. The molecule has 0 bridgehead atoms. The summed E-state index contributed by atoms with van der Waals surface area (Å²) in [6, 6.07) is 3.12. The van der Waals surface area contributed by atoms with Gasteiger partial charge in [-0.2, -0.15) is 0 Å². The van der Waals surface area contributed by atoms with E-state index in [1.165, 1.54) is 6.07 Å². The number of nitrogens with one attached hydrogen (secondary N) is 1. The summed E-state index contributed by atoms with van der Waals surface area (Å²) in [6.07, 6.45) is 1.82. The fourth-order valence-corrected chi connectivity index (χ4v) is 3.41. The van der Waals surface area contributed by atoms with Crippen LogP contribution in [0.15, 0.2) is 16.6 Å². The maximum Gasteiger partial charge on any atom is 0.225 e. The molecule has 2 fully saturated rings. The quantitative estimate of drug-likeness (QED) is 0.774. The summed E-state index contributed by atoms with van der Waals surface area (Å²) in [4.78, 5) is 13.8. The van der Waals surface area contributed by atoms with E-state index < -0.39 is 0 Å². The summed E-state index contributed by atoms with van der Waals surface area (Å²) < 4.78 is 14.1. The van der Waals surface area contributed by atoms with E-state index in [0.29, 0.717) is 22.4 Å². The second-order valence-corrected chi connectivity index (χ2v) is 5.93. The molecule has 2 heterocycles. The highest BCUT2D eigenvalue weighted by Crippen LogP contribution is 2.36. The van der Waals surface area contributed by atoms with E-state index in [0.717, 1.165) is 19.4 Å². The molecule has 0 radical (unpaired) electrons. The molecule has 0 aliphatic carbocycles. The number of nitrogen functional groups attached to an aromatic ring is 1. The second kappa shape index (κ2) is 4.67. The largest absolute Gasteiger partial charge is 0.397 e. The van der Waals surface area contributed by atoms with E-state index in [4.69, 9.17) is 5.73 Å². The van der Waals surface area contributed by atoms with Gasteiger partial charge in [0.05, 0.1) is 27.8 Å². The van der Waals surface area contributed by atoms with Gasteiger partial charge in [-0.1, -0.05) is 0 Å². The first-order valence-corrected chi connectivity index (χ1v) is 7.16. The summed E-state index contributed by atoms with van der Waals surface area (Å²) in [5.41, 5.74) is 7.22. The standard InChI is InChI=1S/C13H15BrFN3O/c14-8-4-10(16)11(5-9(8)15)18-3-1-2-7-12(18)6-17-13(7)19/h4-5,7,12H,1-3,6,16H2,(H,17,19). The van der Waals surface area contributed by atoms with Gasteiger partial charge in [0.15, 0.2) is 0 Å². The second-order valence-electron chi connectivity index (χ2n) is 5.08. The molecule has 0 aromatic heterocycles. The molecule has 6 heteroatoms. The molecule has 1 amide bonds. The number of hydrogen-bond acceptors (Lipinski definition) is 3. The zero-order valence-electron chi connectivity index (χ0n) is 10.3. The first-order valence-electron chi connectivity index (χ1n) is 6.37. The Kier molecular flexibility index (Phi) is 3.12. The SMILES string of the molecule is Nc1cc(Br)c(F)cc1N1CCCC2C(=O)NCC21. The maximum atomic E-state index is 13.7. The molecule has 1 aromatic rings. The fraction of sp³-hybridized carbons (Fsp3) is 0.462. The van der Waals surface area contributed by atoms with Gasteiger partial charge < -0.3 is 16.0 Å². The minimum atomic E-state index is -0.330. The molecule has 19 heavy (non-hydrogen) atoms. The molecule has 2 saturated heterocycles. The van der Waals surface area contributed by atoms with Crippen LogP contribution in [-0.2, 0) is 4.79 Å². The van der Waals surface area contributed by atoms with Crippen molar-refractivity contribution in [3.8, 4) is 0 Å². The van der Waals surface area contributed by atoms with Gasteiger partial charge in [0.25, 0.3) is 0 Å². The number of amides is 1. The van der Waals surface area contributed by atoms with Gasteiger partial charge in [0.1, 0.15) is 5.82 Å². The molecule has 4 nitrogen and oxygen atoms in total. The third-order valence-corrected chi connectivity index (χ3v) is 4.59. The van der Waals surface area contributed by atoms with Crippen molar-refractivity contribution >= 4 is 33.2 Å². The number of nitrogens with two attached hydrogens (primary N) is 1. The number of rotatable bonds is 1. The van der Waals surface area contributed by atoms with Crippen molar-refractivity contribution in [2.45, 2.75) is 18.9 Å². The lowest BCUT2D eigenvalue weighted by Gasteiger charge is -2.38. The highest BCUT2D eigenvalue weighted by atomic mass is 79.9. The predicted octanol–water partition coefficient (Wildman–Crippen LogP) is 1.89. The highest BCUT2D eigenvalue weighted by molar-refractivity contribution is 9.10. The van der Waals surface area contributed by atoms with Crippen LogP contribution in [0.25, 0.3) is 0 Å². The molecule has 0 spiro atoms. The smallest absolute Gasteiger partial charge is 0.225 e. The lowest BCUT2D eigenvalue weighted by Crippen LogP contribution is -2.46. The Hall–Kier alpha value is -1.30. The average Bonchev–Trinajstić information content (AvgIpc) is 2.76. The Balaban J connectivity index is 1.97. The van der Waals surface area contributed by atoms with Crippen LogP contribution in [0, 0.1) is 11.7 Å². The van der Waals surface area contributed by atoms with Crippen LogP contribution < -0.4 is 16.0 Å². The zero-order valence-corrected chi connectivity index (χ0v) is 11.9.